The van der Waals surface area contributed by atoms with E-state index >= 15 is 0 Å². The number of piperazine rings is 1. The summed E-state index contributed by atoms with van der Waals surface area (Å²) >= 11 is 0. The van der Waals surface area contributed by atoms with E-state index < -0.39 is 0 Å². The molecule has 1 amide bonds. The first-order chi connectivity index (χ1) is 12.2. The Labute approximate surface area is 148 Å². The number of nitrogens with zero attached hydrogens (tertiary/aromatic N) is 4. The Balaban J connectivity index is 1.37. The van der Waals surface area contributed by atoms with Gasteiger partial charge in [-0.05, 0) is 24.5 Å². The first kappa shape index (κ1) is 17.4. The van der Waals surface area contributed by atoms with Crippen LogP contribution in [0.15, 0.2) is 42.9 Å². The van der Waals surface area contributed by atoms with Gasteiger partial charge in [0.25, 0.3) is 0 Å². The van der Waals surface area contributed by atoms with Gasteiger partial charge in [-0.15, -0.1) is 0 Å². The van der Waals surface area contributed by atoms with Gasteiger partial charge in [0.1, 0.15) is 5.82 Å². The third kappa shape index (κ3) is 5.00. The Morgan fingerprint density at radius 3 is 2.68 bits per heavy atom. The van der Waals surface area contributed by atoms with Gasteiger partial charge in [0.2, 0.25) is 5.91 Å². The molecule has 1 N–H and O–H groups in total. The zero-order chi connectivity index (χ0) is 17.5. The Hall–Kier alpha value is -2.47. The molecule has 2 heterocycles. The molecule has 0 radical (unpaired) electrons. The zero-order valence-corrected chi connectivity index (χ0v) is 14.7. The molecule has 6 nitrogen and oxygen atoms in total. The van der Waals surface area contributed by atoms with Crippen LogP contribution in [-0.2, 0) is 11.2 Å². The second-order valence-electron chi connectivity index (χ2n) is 6.35. The lowest BCUT2D eigenvalue weighted by Gasteiger charge is -2.34. The highest BCUT2D eigenvalue weighted by Crippen LogP contribution is 2.11. The van der Waals surface area contributed by atoms with Gasteiger partial charge in [-0.3, -0.25) is 14.7 Å². The highest BCUT2D eigenvalue weighted by molar-refractivity contribution is 5.78. The lowest BCUT2D eigenvalue weighted by molar-refractivity contribution is -0.122. The topological polar surface area (TPSA) is 61.4 Å². The molecule has 3 rings (SSSR count). The summed E-state index contributed by atoms with van der Waals surface area (Å²) in [5.41, 5.74) is 2.57. The van der Waals surface area contributed by atoms with Crippen LogP contribution in [0.2, 0.25) is 0 Å². The molecule has 6 heteroatoms. The maximum Gasteiger partial charge on any atom is 0.234 e. The molecule has 0 aliphatic carbocycles. The molecule has 0 saturated carbocycles. The summed E-state index contributed by atoms with van der Waals surface area (Å²) in [6.07, 6.45) is 6.05. The van der Waals surface area contributed by atoms with E-state index in [1.54, 1.807) is 18.6 Å². The van der Waals surface area contributed by atoms with Crippen LogP contribution in [0.3, 0.4) is 0 Å². The van der Waals surface area contributed by atoms with Crippen LogP contribution in [0.25, 0.3) is 0 Å². The van der Waals surface area contributed by atoms with Crippen LogP contribution >= 0.6 is 0 Å². The number of aromatic nitrogens is 2. The number of nitrogens with one attached hydrogen (secondary N) is 1. The van der Waals surface area contributed by atoms with Gasteiger partial charge in [0.15, 0.2) is 0 Å². The lowest BCUT2D eigenvalue weighted by atomic mass is 10.1. The second kappa shape index (κ2) is 8.58. The molecule has 0 atom stereocenters. The van der Waals surface area contributed by atoms with Crippen LogP contribution in [0, 0.1) is 6.92 Å². The second-order valence-corrected chi connectivity index (χ2v) is 6.35. The number of amides is 1. The molecule has 0 spiro atoms. The third-order valence-corrected chi connectivity index (χ3v) is 4.59. The fourth-order valence-corrected chi connectivity index (χ4v) is 3.08. The molecular weight excluding hydrogens is 314 g/mol. The number of rotatable bonds is 6. The summed E-state index contributed by atoms with van der Waals surface area (Å²) in [5, 5.41) is 3.03. The fourth-order valence-electron chi connectivity index (χ4n) is 3.08. The predicted octanol–water partition coefficient (Wildman–Crippen LogP) is 1.27. The number of carbonyl (C=O) groups excluding carboxylic acids is 1. The Kier molecular flexibility index (Phi) is 5.95. The van der Waals surface area contributed by atoms with Crippen molar-refractivity contribution in [2.24, 2.45) is 0 Å². The molecule has 25 heavy (non-hydrogen) atoms. The van der Waals surface area contributed by atoms with Gasteiger partial charge in [-0.25, -0.2) is 4.98 Å². The molecule has 132 valence electrons. The van der Waals surface area contributed by atoms with Crippen molar-refractivity contribution in [3.63, 3.8) is 0 Å². The zero-order valence-electron chi connectivity index (χ0n) is 14.7. The highest BCUT2D eigenvalue weighted by Gasteiger charge is 2.19. The summed E-state index contributed by atoms with van der Waals surface area (Å²) in [7, 11) is 0. The highest BCUT2D eigenvalue weighted by atomic mass is 16.2. The van der Waals surface area contributed by atoms with E-state index in [1.807, 2.05) is 12.1 Å². The lowest BCUT2D eigenvalue weighted by Crippen LogP contribution is -2.49. The van der Waals surface area contributed by atoms with Crippen LogP contribution in [0.5, 0.6) is 0 Å². The van der Waals surface area contributed by atoms with E-state index in [0.717, 1.165) is 38.4 Å². The molecule has 1 aliphatic rings. The molecule has 0 unspecified atom stereocenters. The van der Waals surface area contributed by atoms with E-state index in [-0.39, 0.29) is 5.91 Å². The summed E-state index contributed by atoms with van der Waals surface area (Å²) in [6.45, 7) is 6.72. The smallest absolute Gasteiger partial charge is 0.234 e. The van der Waals surface area contributed by atoms with Crippen LogP contribution < -0.4 is 10.2 Å². The number of benzene rings is 1. The molecule has 1 aromatic heterocycles. The Morgan fingerprint density at radius 2 is 1.96 bits per heavy atom. The van der Waals surface area contributed by atoms with Crippen molar-refractivity contribution in [1.82, 2.24) is 20.2 Å². The van der Waals surface area contributed by atoms with Crippen molar-refractivity contribution < 1.29 is 4.79 Å². The van der Waals surface area contributed by atoms with Gasteiger partial charge in [0.05, 0.1) is 12.7 Å². The van der Waals surface area contributed by atoms with Crippen molar-refractivity contribution in [3.8, 4) is 0 Å². The van der Waals surface area contributed by atoms with Crippen molar-refractivity contribution in [1.29, 1.82) is 0 Å². The van der Waals surface area contributed by atoms with Gasteiger partial charge >= 0.3 is 0 Å². The molecule has 1 aliphatic heterocycles. The first-order valence-corrected chi connectivity index (χ1v) is 8.77. The largest absolute Gasteiger partial charge is 0.355 e. The Bertz CT molecular complexity index is 683. The van der Waals surface area contributed by atoms with Crippen LogP contribution in [0.4, 0.5) is 5.82 Å². The van der Waals surface area contributed by atoms with Crippen LogP contribution in [-0.4, -0.2) is 60.0 Å². The van der Waals surface area contributed by atoms with E-state index in [9.17, 15) is 4.79 Å². The summed E-state index contributed by atoms with van der Waals surface area (Å²) in [6, 6.07) is 8.31. The minimum absolute atomic E-state index is 0.0986. The number of carbonyl (C=O) groups is 1. The minimum Gasteiger partial charge on any atom is -0.355 e. The van der Waals surface area contributed by atoms with Crippen molar-refractivity contribution in [2.75, 3.05) is 44.2 Å². The average molecular weight is 339 g/mol. The minimum atomic E-state index is 0.0986. The number of anilines is 1. The predicted molar refractivity (Wildman–Crippen MR) is 98.6 cm³/mol. The number of aryl methyl sites for hydroxylation is 1. The number of hydrogen-bond acceptors (Lipinski definition) is 5. The fraction of sp³-hybridized carbons (Fsp3) is 0.421. The SMILES string of the molecule is Cc1ccccc1CCNC(=O)CN1CCN(c2cnccn2)CC1. The maximum absolute atomic E-state index is 12.1. The van der Waals surface area contributed by atoms with Crippen molar-refractivity contribution >= 4 is 11.7 Å². The normalized spacial score (nSPS) is 15.2. The first-order valence-electron chi connectivity index (χ1n) is 8.77. The van der Waals surface area contributed by atoms with Gasteiger partial charge in [-0.2, -0.15) is 0 Å². The molecule has 1 fully saturated rings. The molecule has 1 saturated heterocycles. The Morgan fingerprint density at radius 1 is 1.16 bits per heavy atom. The van der Waals surface area contributed by atoms with E-state index in [4.69, 9.17) is 0 Å². The quantitative estimate of drug-likeness (QED) is 0.859. The average Bonchev–Trinajstić information content (AvgIpc) is 2.65. The van der Waals surface area contributed by atoms with E-state index in [0.29, 0.717) is 13.1 Å². The third-order valence-electron chi connectivity index (χ3n) is 4.59. The van der Waals surface area contributed by atoms with Gasteiger partial charge in [-0.1, -0.05) is 24.3 Å². The van der Waals surface area contributed by atoms with Crippen molar-refractivity contribution in [2.45, 2.75) is 13.3 Å². The van der Waals surface area contributed by atoms with Gasteiger partial charge < -0.3 is 10.2 Å². The molecule has 1 aromatic carbocycles. The maximum atomic E-state index is 12.1. The summed E-state index contributed by atoms with van der Waals surface area (Å²) in [4.78, 5) is 25.0. The van der Waals surface area contributed by atoms with E-state index in [1.165, 1.54) is 11.1 Å². The molecule has 2 aromatic rings. The monoisotopic (exact) mass is 339 g/mol. The molecular formula is C19H25N5O. The summed E-state index contributed by atoms with van der Waals surface area (Å²) < 4.78 is 0. The molecule has 0 bridgehead atoms. The van der Waals surface area contributed by atoms with E-state index in [2.05, 4.69) is 44.1 Å². The van der Waals surface area contributed by atoms with Crippen LogP contribution in [0.1, 0.15) is 11.1 Å². The standard InChI is InChI=1S/C19H25N5O/c1-16-4-2-3-5-17(16)6-7-22-19(25)15-23-10-12-24(13-11-23)18-14-20-8-9-21-18/h2-5,8-9,14H,6-7,10-13,15H2,1H3,(H,22,25). The van der Waals surface area contributed by atoms with Crippen molar-refractivity contribution in [3.05, 3.63) is 54.0 Å². The number of hydrogen-bond donors (Lipinski definition) is 1. The van der Waals surface area contributed by atoms with Gasteiger partial charge in [0, 0.05) is 45.1 Å². The summed E-state index contributed by atoms with van der Waals surface area (Å²) in [5.74, 6) is 1.01.